The minimum atomic E-state index is -2.01. The van der Waals surface area contributed by atoms with Crippen molar-refractivity contribution in [3.63, 3.8) is 0 Å². The van der Waals surface area contributed by atoms with Gasteiger partial charge < -0.3 is 70.0 Å². The Morgan fingerprint density at radius 3 is 2.44 bits per heavy atom. The number of carbonyl (C=O) groups excluding carboxylic acids is 1. The minimum absolute atomic E-state index is 0.0538. The van der Waals surface area contributed by atoms with E-state index in [1.54, 1.807) is 0 Å². The normalized spacial score (nSPS) is 27.6. The van der Waals surface area contributed by atoms with Crippen LogP contribution in [-0.2, 0) is 46.4 Å². The van der Waals surface area contributed by atoms with E-state index in [1.807, 2.05) is 0 Å². The summed E-state index contributed by atoms with van der Waals surface area (Å²) in [6, 6.07) is 5.53. The number of carboxylic acid groups (broad SMARTS) is 1. The Morgan fingerprint density at radius 1 is 1.02 bits per heavy atom. The zero-order valence-electron chi connectivity index (χ0n) is 28.7. The number of fused-ring (bicyclic) bond motifs is 2. The molecule has 0 saturated carbocycles. The van der Waals surface area contributed by atoms with E-state index < -0.39 is 116 Å². The van der Waals surface area contributed by atoms with Gasteiger partial charge in [-0.15, -0.1) is 0 Å². The maximum absolute atomic E-state index is 14.0. The number of aliphatic carboxylic acids is 1. The molecule has 2 aliphatic heterocycles. The van der Waals surface area contributed by atoms with Crippen LogP contribution in [0.25, 0.3) is 10.8 Å². The van der Waals surface area contributed by atoms with Gasteiger partial charge in [0.15, 0.2) is 18.1 Å². The predicted octanol–water partition coefficient (Wildman–Crippen LogP) is -2.24. The number of phenolic OH excluding ortho intramolecular Hbond substituents is 1. The molecule has 19 heteroatoms. The van der Waals surface area contributed by atoms with Gasteiger partial charge in [-0.25, -0.2) is 14.6 Å². The van der Waals surface area contributed by atoms with E-state index in [1.165, 1.54) is 36.4 Å². The van der Waals surface area contributed by atoms with E-state index in [2.05, 4.69) is 0 Å². The van der Waals surface area contributed by atoms with Gasteiger partial charge in [0.2, 0.25) is 5.43 Å². The molecular weight excluding hydrogens is 724 g/mol. The molecule has 0 amide bonds. The molecule has 2 heterocycles. The van der Waals surface area contributed by atoms with Crippen molar-refractivity contribution in [2.45, 2.75) is 93.5 Å². The molecule has 2 aromatic rings. The first-order chi connectivity index (χ1) is 25.6. The molecule has 0 radical (unpaired) electrons. The van der Waals surface area contributed by atoms with Gasteiger partial charge in [-0.3, -0.25) is 9.59 Å². The number of aromatic hydroxyl groups is 1. The molecule has 1 saturated heterocycles. The maximum Gasteiger partial charge on any atom is 0.331 e. The highest BCUT2D eigenvalue weighted by Gasteiger charge is 2.46. The molecule has 0 bridgehead atoms. The van der Waals surface area contributed by atoms with Crippen LogP contribution >= 0.6 is 0 Å². The lowest BCUT2D eigenvalue weighted by atomic mass is 9.96. The van der Waals surface area contributed by atoms with Crippen LogP contribution in [-0.4, -0.2) is 150 Å². The van der Waals surface area contributed by atoms with E-state index in [0.717, 1.165) is 6.92 Å². The summed E-state index contributed by atoms with van der Waals surface area (Å²) in [5.74, 6) is -3.07. The second-order valence-corrected chi connectivity index (χ2v) is 13.1. The lowest BCUT2D eigenvalue weighted by Crippen LogP contribution is -2.60. The molecule has 10 N–H and O–H groups in total. The van der Waals surface area contributed by atoms with E-state index >= 15 is 0 Å². The van der Waals surface area contributed by atoms with Crippen LogP contribution in [0.4, 0.5) is 0 Å². The van der Waals surface area contributed by atoms with E-state index in [4.69, 9.17) is 28.7 Å². The highest BCUT2D eigenvalue weighted by molar-refractivity contribution is 5.91. The van der Waals surface area contributed by atoms with Gasteiger partial charge in [0.25, 0.3) is 0 Å². The molecule has 0 spiro atoms. The van der Waals surface area contributed by atoms with Gasteiger partial charge in [0, 0.05) is 23.6 Å². The molecule has 0 aromatic heterocycles. The molecule has 296 valence electrons. The Balaban J connectivity index is 1.43. The molecule has 3 aliphatic rings. The van der Waals surface area contributed by atoms with Gasteiger partial charge in [0.05, 0.1) is 31.1 Å². The van der Waals surface area contributed by atoms with Crippen LogP contribution in [0.15, 0.2) is 52.5 Å². The third kappa shape index (κ3) is 9.16. The fourth-order valence-corrected chi connectivity index (χ4v) is 6.19. The summed E-state index contributed by atoms with van der Waals surface area (Å²) in [4.78, 5) is 47.5. The molecule has 19 nitrogen and oxygen atoms in total. The Labute approximate surface area is 306 Å². The van der Waals surface area contributed by atoms with Crippen molar-refractivity contribution in [3.8, 4) is 11.5 Å². The quantitative estimate of drug-likeness (QED) is 0.0490. The van der Waals surface area contributed by atoms with Crippen LogP contribution in [0.2, 0.25) is 0 Å². The number of esters is 1. The van der Waals surface area contributed by atoms with E-state index in [-0.39, 0.29) is 41.5 Å². The summed E-state index contributed by atoms with van der Waals surface area (Å²) in [7, 11) is 0. The fourth-order valence-electron chi connectivity index (χ4n) is 6.19. The van der Waals surface area contributed by atoms with Gasteiger partial charge in [-0.2, -0.15) is 0 Å². The Morgan fingerprint density at radius 2 is 1.76 bits per heavy atom. The van der Waals surface area contributed by atoms with E-state index in [0.29, 0.717) is 11.1 Å². The summed E-state index contributed by atoms with van der Waals surface area (Å²) in [5, 5.41) is 102. The van der Waals surface area contributed by atoms with Crippen molar-refractivity contribution in [1.29, 1.82) is 0 Å². The first-order valence-electron chi connectivity index (χ1n) is 16.9. The zero-order valence-corrected chi connectivity index (χ0v) is 28.7. The van der Waals surface area contributed by atoms with Crippen molar-refractivity contribution in [2.75, 3.05) is 19.8 Å². The zero-order chi connectivity index (χ0) is 39.4. The summed E-state index contributed by atoms with van der Waals surface area (Å²) >= 11 is 0. The Bertz CT molecular complexity index is 1810. The highest BCUT2D eigenvalue weighted by atomic mass is 17.2. The average molecular weight is 767 g/mol. The average Bonchev–Trinajstić information content (AvgIpc) is 3.41. The lowest BCUT2D eigenvalue weighted by Gasteiger charge is -2.39. The highest BCUT2D eigenvalue weighted by Crippen LogP contribution is 2.32. The van der Waals surface area contributed by atoms with Gasteiger partial charge in [-0.1, -0.05) is 18.2 Å². The second-order valence-electron chi connectivity index (χ2n) is 13.1. The molecular formula is C35H42O19. The number of benzene rings is 1. The maximum atomic E-state index is 14.0. The standard InChI is InChI=1S/C35H42O19/c1-14(37)28(42)31(45)24(53-54-34-23(12-36)52-35(48)33(47)32(34)46)13-50-22-7-15(4-5-49-21-11-20-18(8-19(21)38)10-26(41)51-20)6-16-2-3-17(9-25(39)40)29(43)27(16)30(22)44/h2-3,6-8,10,14,20-21,23-24,28,31-38,42-43,45-48H,4-5,9,11-13H2,1H3,(H,39,40). The van der Waals surface area contributed by atoms with Crippen molar-refractivity contribution in [1.82, 2.24) is 0 Å². The lowest BCUT2D eigenvalue weighted by molar-refractivity contribution is -0.418. The number of rotatable bonds is 16. The monoisotopic (exact) mass is 766 g/mol. The topological polar surface area (TPSA) is 309 Å². The van der Waals surface area contributed by atoms with Crippen molar-refractivity contribution < 1.29 is 89.4 Å². The smallest absolute Gasteiger partial charge is 0.331 e. The summed E-state index contributed by atoms with van der Waals surface area (Å²) < 4.78 is 21.9. The number of ether oxygens (including phenoxy) is 4. The molecule has 11 atom stereocenters. The number of phenols is 1. The second kappa shape index (κ2) is 17.5. The third-order valence-electron chi connectivity index (χ3n) is 9.20. The minimum Gasteiger partial charge on any atom is -0.510 e. The van der Waals surface area contributed by atoms with Crippen LogP contribution in [0, 0.1) is 0 Å². The fraction of sp³-hybridized carbons (Fsp3) is 0.514. The van der Waals surface area contributed by atoms with Crippen LogP contribution < -0.4 is 10.2 Å². The molecule has 2 aromatic carbocycles. The number of aliphatic hydroxyl groups is 8. The van der Waals surface area contributed by atoms with Crippen molar-refractivity contribution >= 4 is 22.7 Å². The number of carbonyl (C=O) groups is 2. The number of aliphatic hydroxyl groups excluding tert-OH is 8. The largest absolute Gasteiger partial charge is 0.510 e. The van der Waals surface area contributed by atoms with Crippen molar-refractivity contribution in [3.05, 3.63) is 69.1 Å². The number of carboxylic acids is 1. The molecule has 1 aliphatic carbocycles. The third-order valence-corrected chi connectivity index (χ3v) is 9.20. The first-order valence-corrected chi connectivity index (χ1v) is 16.9. The van der Waals surface area contributed by atoms with Crippen LogP contribution in [0.1, 0.15) is 24.5 Å². The summed E-state index contributed by atoms with van der Waals surface area (Å²) in [6.07, 6.45) is -15.2. The summed E-state index contributed by atoms with van der Waals surface area (Å²) in [6.45, 7) is -0.562. The number of hydrogen-bond donors (Lipinski definition) is 10. The predicted molar refractivity (Wildman–Crippen MR) is 179 cm³/mol. The van der Waals surface area contributed by atoms with Gasteiger partial charge >= 0.3 is 11.9 Å². The van der Waals surface area contributed by atoms with Crippen LogP contribution in [0.3, 0.4) is 0 Å². The van der Waals surface area contributed by atoms with Gasteiger partial charge in [0.1, 0.15) is 66.9 Å². The molecule has 1 fully saturated rings. The SMILES string of the molecule is CC(O)C(O)C(O)C(COc1cc(CCOC2CC3OC(=O)C=C3C=C2O)cc2ccc(CC(=O)O)c(O)c2c1=O)OOC1C(CO)OC(O)C(O)C1O. The van der Waals surface area contributed by atoms with Crippen molar-refractivity contribution in [2.24, 2.45) is 0 Å². The van der Waals surface area contributed by atoms with E-state index in [9.17, 15) is 65.4 Å². The Kier molecular flexibility index (Phi) is 13.2. The molecule has 5 rings (SSSR count). The number of hydrogen-bond acceptors (Lipinski definition) is 18. The first kappa shape index (κ1) is 40.9. The summed E-state index contributed by atoms with van der Waals surface area (Å²) in [5.41, 5.74) is -0.138. The molecule has 11 unspecified atom stereocenters. The molecule has 54 heavy (non-hydrogen) atoms. The Hall–Kier alpha value is -4.25. The van der Waals surface area contributed by atoms with Gasteiger partial charge in [-0.05, 0) is 36.4 Å². The van der Waals surface area contributed by atoms with Crippen LogP contribution in [0.5, 0.6) is 11.5 Å².